The second kappa shape index (κ2) is 7.77. The van der Waals surface area contributed by atoms with Crippen LogP contribution in [0.4, 0.5) is 0 Å². The average Bonchev–Trinajstić information content (AvgIpc) is 3.49. The van der Waals surface area contributed by atoms with Gasteiger partial charge in [0, 0.05) is 58.9 Å². The summed E-state index contributed by atoms with van der Waals surface area (Å²) in [6, 6.07) is 16.1. The number of nitrogens with one attached hydrogen (secondary N) is 1. The van der Waals surface area contributed by atoms with Gasteiger partial charge in [-0.2, -0.15) is 0 Å². The molecule has 1 saturated carbocycles. The fraction of sp³-hybridized carbons (Fsp3) is 0.286. The first-order valence-electron chi connectivity index (χ1n) is 11.8. The molecule has 0 atom stereocenters. The van der Waals surface area contributed by atoms with Crippen molar-refractivity contribution in [2.75, 3.05) is 7.05 Å². The van der Waals surface area contributed by atoms with Crippen LogP contribution < -0.4 is 0 Å². The minimum absolute atomic E-state index is 0.235. The van der Waals surface area contributed by atoms with Crippen LogP contribution in [-0.2, 0) is 16.1 Å². The standard InChI is InChI=1S/C28H27N3O2/c1-30-27(32)25(21-15-29-23-13-7-5-11-19(21)23)26(28(30)33)22-17-31(16-18-9-3-2-4-10-18)24-14-8-6-12-20(22)24/h5-8,11-15,17-18,29H,2-4,9-10,16H2,1H3. The number of hydrogen-bond donors (Lipinski definition) is 1. The molecule has 1 fully saturated rings. The largest absolute Gasteiger partial charge is 0.361 e. The van der Waals surface area contributed by atoms with E-state index in [1.54, 1.807) is 7.05 Å². The molecule has 1 aliphatic heterocycles. The zero-order valence-corrected chi connectivity index (χ0v) is 18.8. The van der Waals surface area contributed by atoms with Gasteiger partial charge >= 0.3 is 0 Å². The first kappa shape index (κ1) is 20.0. The molecule has 2 amide bonds. The van der Waals surface area contributed by atoms with Gasteiger partial charge in [0.2, 0.25) is 0 Å². The molecule has 0 bridgehead atoms. The van der Waals surface area contributed by atoms with Crippen LogP contribution in [0.25, 0.3) is 33.0 Å². The molecule has 2 aromatic carbocycles. The van der Waals surface area contributed by atoms with Gasteiger partial charge in [-0.3, -0.25) is 14.5 Å². The highest BCUT2D eigenvalue weighted by atomic mass is 16.2. The Labute approximate surface area is 192 Å². The van der Waals surface area contributed by atoms with E-state index in [0.717, 1.165) is 39.5 Å². The second-order valence-electron chi connectivity index (χ2n) is 9.38. The maximum absolute atomic E-state index is 13.4. The lowest BCUT2D eigenvalue weighted by atomic mass is 9.89. The van der Waals surface area contributed by atoms with Gasteiger partial charge in [-0.1, -0.05) is 55.7 Å². The van der Waals surface area contributed by atoms with Crippen molar-refractivity contribution in [3.05, 3.63) is 72.1 Å². The van der Waals surface area contributed by atoms with Crippen molar-refractivity contribution < 1.29 is 9.59 Å². The molecule has 2 aliphatic rings. The van der Waals surface area contributed by atoms with E-state index in [1.807, 2.05) is 42.6 Å². The minimum atomic E-state index is -0.246. The molecule has 166 valence electrons. The Kier molecular flexibility index (Phi) is 4.72. The fourth-order valence-corrected chi connectivity index (χ4v) is 5.66. The fourth-order valence-electron chi connectivity index (χ4n) is 5.66. The quantitative estimate of drug-likeness (QED) is 0.422. The number of carbonyl (C=O) groups is 2. The smallest absolute Gasteiger partial charge is 0.261 e. The lowest BCUT2D eigenvalue weighted by Gasteiger charge is -2.22. The molecule has 4 aromatic rings. The molecule has 0 radical (unpaired) electrons. The number of aromatic nitrogens is 2. The Bertz CT molecular complexity index is 1430. The number of para-hydroxylation sites is 2. The van der Waals surface area contributed by atoms with Crippen LogP contribution in [0.5, 0.6) is 0 Å². The number of likely N-dealkylation sites (N-methyl/N-ethyl adjacent to an activating group) is 1. The molecule has 1 aliphatic carbocycles. The maximum Gasteiger partial charge on any atom is 0.261 e. The summed E-state index contributed by atoms with van der Waals surface area (Å²) in [4.78, 5) is 31.3. The van der Waals surface area contributed by atoms with Gasteiger partial charge in [-0.05, 0) is 30.9 Å². The van der Waals surface area contributed by atoms with Crippen LogP contribution in [0.15, 0.2) is 60.9 Å². The summed E-state index contributed by atoms with van der Waals surface area (Å²) in [5, 5.41) is 1.98. The van der Waals surface area contributed by atoms with Gasteiger partial charge in [-0.15, -0.1) is 0 Å². The predicted octanol–water partition coefficient (Wildman–Crippen LogP) is 5.61. The highest BCUT2D eigenvalue weighted by Gasteiger charge is 2.39. The summed E-state index contributed by atoms with van der Waals surface area (Å²) < 4.78 is 2.30. The molecular weight excluding hydrogens is 410 g/mol. The molecule has 0 spiro atoms. The van der Waals surface area contributed by atoms with E-state index in [-0.39, 0.29) is 11.8 Å². The van der Waals surface area contributed by atoms with Crippen molar-refractivity contribution >= 4 is 44.8 Å². The minimum Gasteiger partial charge on any atom is -0.361 e. The van der Waals surface area contributed by atoms with Crippen molar-refractivity contribution in [2.45, 2.75) is 38.6 Å². The van der Waals surface area contributed by atoms with Crippen molar-refractivity contribution in [1.29, 1.82) is 0 Å². The third-order valence-electron chi connectivity index (χ3n) is 7.38. The summed E-state index contributed by atoms with van der Waals surface area (Å²) in [6.45, 7) is 0.953. The number of benzene rings is 2. The second-order valence-corrected chi connectivity index (χ2v) is 9.38. The average molecular weight is 438 g/mol. The van der Waals surface area contributed by atoms with Crippen molar-refractivity contribution in [2.24, 2.45) is 5.92 Å². The highest BCUT2D eigenvalue weighted by Crippen LogP contribution is 2.41. The van der Waals surface area contributed by atoms with Crippen molar-refractivity contribution in [3.8, 4) is 0 Å². The summed E-state index contributed by atoms with van der Waals surface area (Å²) >= 11 is 0. The molecular formula is C28H27N3O2. The Morgan fingerprint density at radius 1 is 0.848 bits per heavy atom. The Morgan fingerprint density at radius 2 is 1.52 bits per heavy atom. The van der Waals surface area contributed by atoms with E-state index in [0.29, 0.717) is 17.1 Å². The SMILES string of the molecule is CN1C(=O)C(c2c[nH]c3ccccc23)=C(c2cn(CC3CCCCC3)c3ccccc23)C1=O. The Balaban J connectivity index is 1.56. The first-order valence-corrected chi connectivity index (χ1v) is 11.8. The molecule has 6 rings (SSSR count). The molecule has 2 aromatic heterocycles. The van der Waals surface area contributed by atoms with Crippen LogP contribution in [0.1, 0.15) is 43.2 Å². The zero-order chi connectivity index (χ0) is 22.5. The Hall–Kier alpha value is -3.60. The summed E-state index contributed by atoms with van der Waals surface area (Å²) in [5.74, 6) is 0.178. The molecule has 5 heteroatoms. The van der Waals surface area contributed by atoms with E-state index in [4.69, 9.17) is 0 Å². The topological polar surface area (TPSA) is 58.1 Å². The molecule has 0 unspecified atom stereocenters. The molecule has 0 saturated heterocycles. The van der Waals surface area contributed by atoms with Gasteiger partial charge in [0.15, 0.2) is 0 Å². The van der Waals surface area contributed by atoms with Crippen LogP contribution >= 0.6 is 0 Å². The lowest BCUT2D eigenvalue weighted by Crippen LogP contribution is -2.26. The number of amides is 2. The van der Waals surface area contributed by atoms with Gasteiger partial charge < -0.3 is 9.55 Å². The number of nitrogens with zero attached hydrogens (tertiary/aromatic N) is 2. The van der Waals surface area contributed by atoms with Crippen LogP contribution in [-0.4, -0.2) is 33.3 Å². The molecule has 3 heterocycles. The number of hydrogen-bond acceptors (Lipinski definition) is 2. The van der Waals surface area contributed by atoms with E-state index >= 15 is 0 Å². The normalized spacial score (nSPS) is 17.8. The number of H-pyrrole nitrogens is 1. The monoisotopic (exact) mass is 437 g/mol. The van der Waals surface area contributed by atoms with Gasteiger partial charge in [0.05, 0.1) is 11.1 Å². The van der Waals surface area contributed by atoms with Crippen molar-refractivity contribution in [1.82, 2.24) is 14.5 Å². The maximum atomic E-state index is 13.4. The van der Waals surface area contributed by atoms with Crippen molar-refractivity contribution in [3.63, 3.8) is 0 Å². The predicted molar refractivity (Wildman–Crippen MR) is 131 cm³/mol. The van der Waals surface area contributed by atoms with Crippen LogP contribution in [0.2, 0.25) is 0 Å². The number of rotatable bonds is 4. The van der Waals surface area contributed by atoms with Crippen LogP contribution in [0, 0.1) is 5.92 Å². The number of carbonyl (C=O) groups excluding carboxylic acids is 2. The lowest BCUT2D eigenvalue weighted by molar-refractivity contribution is -0.134. The van der Waals surface area contributed by atoms with E-state index in [2.05, 4.69) is 27.9 Å². The van der Waals surface area contributed by atoms with Crippen LogP contribution in [0.3, 0.4) is 0 Å². The summed E-state index contributed by atoms with van der Waals surface area (Å²) in [5.41, 5.74) is 4.70. The number of aromatic amines is 1. The van der Waals surface area contributed by atoms with Gasteiger partial charge in [0.1, 0.15) is 0 Å². The number of fused-ring (bicyclic) bond motifs is 2. The third-order valence-corrected chi connectivity index (χ3v) is 7.38. The summed E-state index contributed by atoms with van der Waals surface area (Å²) in [7, 11) is 1.58. The van der Waals surface area contributed by atoms with E-state index < -0.39 is 0 Å². The number of imide groups is 1. The molecule has 33 heavy (non-hydrogen) atoms. The zero-order valence-electron chi connectivity index (χ0n) is 18.8. The molecule has 1 N–H and O–H groups in total. The Morgan fingerprint density at radius 3 is 2.30 bits per heavy atom. The highest BCUT2D eigenvalue weighted by molar-refractivity contribution is 6.50. The van der Waals surface area contributed by atoms with Gasteiger partial charge in [-0.25, -0.2) is 0 Å². The third kappa shape index (κ3) is 3.14. The van der Waals surface area contributed by atoms with E-state index in [9.17, 15) is 9.59 Å². The van der Waals surface area contributed by atoms with E-state index in [1.165, 1.54) is 37.0 Å². The summed E-state index contributed by atoms with van der Waals surface area (Å²) in [6.07, 6.45) is 10.4. The van der Waals surface area contributed by atoms with Gasteiger partial charge in [0.25, 0.3) is 11.8 Å². The molecule has 5 nitrogen and oxygen atoms in total. The first-order chi connectivity index (χ1) is 16.1.